The van der Waals surface area contributed by atoms with Gasteiger partial charge in [-0.3, -0.25) is 19.3 Å². The van der Waals surface area contributed by atoms with Gasteiger partial charge in [0.05, 0.1) is 13.2 Å². The Morgan fingerprint density at radius 2 is 1.96 bits per heavy atom. The monoisotopic (exact) mass is 320 g/mol. The molecule has 0 bridgehead atoms. The van der Waals surface area contributed by atoms with E-state index >= 15 is 0 Å². The zero-order chi connectivity index (χ0) is 16.8. The SMILES string of the molecule is COc1cccc(C(CNC(=O)CN2C(=O)CCC2=O)OC)c1. The van der Waals surface area contributed by atoms with Gasteiger partial charge in [0.2, 0.25) is 17.7 Å². The minimum absolute atomic E-state index is 0.177. The molecule has 1 aromatic rings. The summed E-state index contributed by atoms with van der Waals surface area (Å²) in [6.45, 7) is -0.00899. The van der Waals surface area contributed by atoms with Crippen LogP contribution in [0.15, 0.2) is 24.3 Å². The number of carbonyl (C=O) groups is 3. The Balaban J connectivity index is 1.90. The Bertz CT molecular complexity index is 586. The van der Waals surface area contributed by atoms with Crippen molar-refractivity contribution in [1.82, 2.24) is 10.2 Å². The van der Waals surface area contributed by atoms with E-state index in [1.807, 2.05) is 24.3 Å². The second-order valence-electron chi connectivity index (χ2n) is 5.18. The number of carbonyl (C=O) groups excluding carboxylic acids is 3. The summed E-state index contributed by atoms with van der Waals surface area (Å²) in [5.74, 6) is -0.301. The van der Waals surface area contributed by atoms with Crippen LogP contribution in [-0.2, 0) is 19.1 Å². The maximum Gasteiger partial charge on any atom is 0.240 e. The summed E-state index contributed by atoms with van der Waals surface area (Å²) < 4.78 is 10.5. The third-order valence-corrected chi connectivity index (χ3v) is 3.69. The number of rotatable bonds is 7. The van der Waals surface area contributed by atoms with Crippen molar-refractivity contribution in [3.8, 4) is 5.75 Å². The van der Waals surface area contributed by atoms with Crippen LogP contribution in [0.4, 0.5) is 0 Å². The molecule has 1 unspecified atom stereocenters. The first kappa shape index (κ1) is 17.0. The van der Waals surface area contributed by atoms with Gasteiger partial charge in [0.25, 0.3) is 0 Å². The van der Waals surface area contributed by atoms with E-state index in [2.05, 4.69) is 5.32 Å². The predicted molar refractivity (Wildman–Crippen MR) is 81.7 cm³/mol. The zero-order valence-corrected chi connectivity index (χ0v) is 13.2. The molecular weight excluding hydrogens is 300 g/mol. The summed E-state index contributed by atoms with van der Waals surface area (Å²) in [4.78, 5) is 35.9. The number of methoxy groups -OCH3 is 2. The topological polar surface area (TPSA) is 84.9 Å². The average Bonchev–Trinajstić information content (AvgIpc) is 2.87. The molecule has 0 aromatic heterocycles. The van der Waals surface area contributed by atoms with Gasteiger partial charge in [-0.05, 0) is 17.7 Å². The first-order chi connectivity index (χ1) is 11.0. The Kier molecular flexibility index (Phi) is 5.70. The molecule has 1 saturated heterocycles. The summed E-state index contributed by atoms with van der Waals surface area (Å²) in [6.07, 6.45) is 0.00628. The second-order valence-corrected chi connectivity index (χ2v) is 5.18. The van der Waals surface area contributed by atoms with E-state index in [-0.39, 0.29) is 43.8 Å². The molecule has 1 aliphatic heterocycles. The first-order valence-corrected chi connectivity index (χ1v) is 7.31. The first-order valence-electron chi connectivity index (χ1n) is 7.31. The standard InChI is InChI=1S/C16H20N2O5/c1-22-12-5-3-4-11(8-12)13(23-2)9-17-14(19)10-18-15(20)6-7-16(18)21/h3-5,8,13H,6-7,9-10H2,1-2H3,(H,17,19). The molecule has 1 aromatic carbocycles. The smallest absolute Gasteiger partial charge is 0.240 e. The van der Waals surface area contributed by atoms with Crippen LogP contribution in [0.3, 0.4) is 0 Å². The van der Waals surface area contributed by atoms with Crippen LogP contribution in [0.1, 0.15) is 24.5 Å². The molecule has 1 aliphatic rings. The lowest BCUT2D eigenvalue weighted by Gasteiger charge is -2.18. The highest BCUT2D eigenvalue weighted by Gasteiger charge is 2.30. The lowest BCUT2D eigenvalue weighted by molar-refractivity contribution is -0.142. The number of imide groups is 1. The molecule has 2 rings (SSSR count). The molecule has 0 saturated carbocycles. The predicted octanol–water partition coefficient (Wildman–Crippen LogP) is 0.648. The zero-order valence-electron chi connectivity index (χ0n) is 13.2. The van der Waals surface area contributed by atoms with Crippen LogP contribution in [-0.4, -0.2) is 49.9 Å². The van der Waals surface area contributed by atoms with Crippen LogP contribution in [0.2, 0.25) is 0 Å². The van der Waals surface area contributed by atoms with E-state index in [0.717, 1.165) is 10.5 Å². The minimum Gasteiger partial charge on any atom is -0.497 e. The van der Waals surface area contributed by atoms with E-state index < -0.39 is 5.91 Å². The number of ether oxygens (including phenoxy) is 2. The molecule has 0 aliphatic carbocycles. The van der Waals surface area contributed by atoms with Gasteiger partial charge in [0.1, 0.15) is 12.3 Å². The summed E-state index contributed by atoms with van der Waals surface area (Å²) in [5.41, 5.74) is 0.862. The number of nitrogens with zero attached hydrogens (tertiary/aromatic N) is 1. The van der Waals surface area contributed by atoms with Gasteiger partial charge >= 0.3 is 0 Å². The van der Waals surface area contributed by atoms with Crippen LogP contribution < -0.4 is 10.1 Å². The lowest BCUT2D eigenvalue weighted by Crippen LogP contribution is -2.41. The van der Waals surface area contributed by atoms with Crippen molar-refractivity contribution in [3.63, 3.8) is 0 Å². The Labute approximate surface area is 134 Å². The fraction of sp³-hybridized carbons (Fsp3) is 0.438. The van der Waals surface area contributed by atoms with Gasteiger partial charge in [-0.15, -0.1) is 0 Å². The fourth-order valence-corrected chi connectivity index (χ4v) is 2.38. The van der Waals surface area contributed by atoms with Crippen molar-refractivity contribution in [2.45, 2.75) is 18.9 Å². The van der Waals surface area contributed by atoms with Crippen LogP contribution >= 0.6 is 0 Å². The van der Waals surface area contributed by atoms with Gasteiger partial charge in [-0.1, -0.05) is 12.1 Å². The molecule has 23 heavy (non-hydrogen) atoms. The van der Waals surface area contributed by atoms with Gasteiger partial charge < -0.3 is 14.8 Å². The van der Waals surface area contributed by atoms with Gasteiger partial charge in [0.15, 0.2) is 0 Å². The van der Waals surface area contributed by atoms with Crippen molar-refractivity contribution >= 4 is 17.7 Å². The molecule has 7 nitrogen and oxygen atoms in total. The highest BCUT2D eigenvalue weighted by molar-refractivity contribution is 6.04. The number of nitrogens with one attached hydrogen (secondary N) is 1. The van der Waals surface area contributed by atoms with Crippen LogP contribution in [0.5, 0.6) is 5.75 Å². The maximum absolute atomic E-state index is 11.9. The van der Waals surface area contributed by atoms with Crippen molar-refractivity contribution in [1.29, 1.82) is 0 Å². The van der Waals surface area contributed by atoms with E-state index in [0.29, 0.717) is 5.75 Å². The third-order valence-electron chi connectivity index (χ3n) is 3.69. The van der Waals surface area contributed by atoms with Crippen molar-refractivity contribution in [2.24, 2.45) is 0 Å². The van der Waals surface area contributed by atoms with Crippen molar-refractivity contribution < 1.29 is 23.9 Å². The molecular formula is C16H20N2O5. The number of likely N-dealkylation sites (tertiary alicyclic amines) is 1. The van der Waals surface area contributed by atoms with E-state index in [9.17, 15) is 14.4 Å². The maximum atomic E-state index is 11.9. The van der Waals surface area contributed by atoms with E-state index in [1.165, 1.54) is 0 Å². The van der Waals surface area contributed by atoms with Gasteiger partial charge in [0, 0.05) is 26.5 Å². The number of benzene rings is 1. The summed E-state index contributed by atoms with van der Waals surface area (Å²) in [6, 6.07) is 7.35. The van der Waals surface area contributed by atoms with Crippen molar-refractivity contribution in [3.05, 3.63) is 29.8 Å². The molecule has 1 N–H and O–H groups in total. The molecule has 0 spiro atoms. The molecule has 7 heteroatoms. The lowest BCUT2D eigenvalue weighted by atomic mass is 10.1. The molecule has 124 valence electrons. The van der Waals surface area contributed by atoms with Gasteiger partial charge in [-0.2, -0.15) is 0 Å². The fourth-order valence-electron chi connectivity index (χ4n) is 2.38. The summed E-state index contributed by atoms with van der Waals surface area (Å²) in [5, 5.41) is 2.69. The molecule has 3 amide bonds. The number of amides is 3. The summed E-state index contributed by atoms with van der Waals surface area (Å²) >= 11 is 0. The number of hydrogen-bond donors (Lipinski definition) is 1. The van der Waals surface area contributed by atoms with Crippen LogP contribution in [0.25, 0.3) is 0 Å². The Hall–Kier alpha value is -2.41. The normalized spacial score (nSPS) is 15.7. The molecule has 1 atom stereocenters. The molecule has 1 heterocycles. The van der Waals surface area contributed by atoms with Crippen molar-refractivity contribution in [2.75, 3.05) is 27.3 Å². The van der Waals surface area contributed by atoms with E-state index in [1.54, 1.807) is 14.2 Å². The van der Waals surface area contributed by atoms with E-state index in [4.69, 9.17) is 9.47 Å². The third kappa shape index (κ3) is 4.29. The minimum atomic E-state index is -0.390. The highest BCUT2D eigenvalue weighted by atomic mass is 16.5. The Morgan fingerprint density at radius 3 is 2.57 bits per heavy atom. The average molecular weight is 320 g/mol. The second kappa shape index (κ2) is 7.73. The quantitative estimate of drug-likeness (QED) is 0.746. The Morgan fingerprint density at radius 1 is 1.26 bits per heavy atom. The van der Waals surface area contributed by atoms with Gasteiger partial charge in [-0.25, -0.2) is 0 Å². The van der Waals surface area contributed by atoms with Crippen LogP contribution in [0, 0.1) is 0 Å². The number of hydrogen-bond acceptors (Lipinski definition) is 5. The molecule has 1 fully saturated rings. The summed E-state index contributed by atoms with van der Waals surface area (Å²) in [7, 11) is 3.12. The largest absolute Gasteiger partial charge is 0.497 e. The highest BCUT2D eigenvalue weighted by Crippen LogP contribution is 2.21. The molecule has 0 radical (unpaired) electrons.